The molecule has 1 fully saturated rings. The van der Waals surface area contributed by atoms with Gasteiger partial charge in [-0.2, -0.15) is 5.10 Å². The number of aliphatic hydroxyl groups excluding tert-OH is 2. The zero-order valence-corrected chi connectivity index (χ0v) is 13.2. The first-order valence-corrected chi connectivity index (χ1v) is 7.57. The van der Waals surface area contributed by atoms with E-state index < -0.39 is 18.3 Å². The van der Waals surface area contributed by atoms with Gasteiger partial charge in [-0.1, -0.05) is 5.92 Å². The van der Waals surface area contributed by atoms with Crippen LogP contribution in [-0.4, -0.2) is 62.9 Å². The predicted octanol–water partition coefficient (Wildman–Crippen LogP) is -0.494. The van der Waals surface area contributed by atoms with E-state index in [0.717, 1.165) is 0 Å². The maximum Gasteiger partial charge on any atom is 0.162 e. The van der Waals surface area contributed by atoms with Crippen molar-refractivity contribution in [1.82, 2.24) is 20.2 Å². The lowest BCUT2D eigenvalue weighted by Gasteiger charge is -2.13. The molecule has 0 bridgehead atoms. The molecule has 3 heterocycles. The molecule has 0 aliphatic carbocycles. The number of H-pyrrole nitrogens is 1. The van der Waals surface area contributed by atoms with Crippen LogP contribution >= 0.6 is 0 Å². The smallest absolute Gasteiger partial charge is 0.162 e. The number of nitrogen functional groups attached to an aromatic ring is 1. The highest BCUT2D eigenvalue weighted by Crippen LogP contribution is 2.34. The molecule has 3 rings (SSSR count). The highest BCUT2D eigenvalue weighted by molar-refractivity contribution is 5.90. The van der Waals surface area contributed by atoms with E-state index in [1.807, 2.05) is 0 Å². The lowest BCUT2D eigenvalue weighted by Crippen LogP contribution is -2.21. The number of nitrogens with zero attached hydrogens (tertiary/aromatic N) is 3. The van der Waals surface area contributed by atoms with Crippen molar-refractivity contribution >= 4 is 16.9 Å². The van der Waals surface area contributed by atoms with Crippen LogP contribution in [0.5, 0.6) is 0 Å². The summed E-state index contributed by atoms with van der Waals surface area (Å²) in [6, 6.07) is 0. The number of nitrogens with two attached hydrogens (primary N) is 1. The summed E-state index contributed by atoms with van der Waals surface area (Å²) >= 11 is 0. The van der Waals surface area contributed by atoms with Gasteiger partial charge in [0.25, 0.3) is 0 Å². The average molecular weight is 333 g/mol. The van der Waals surface area contributed by atoms with Gasteiger partial charge in [0, 0.05) is 20.1 Å². The predicted molar refractivity (Wildman–Crippen MR) is 84.8 cm³/mol. The third-order valence-electron chi connectivity index (χ3n) is 3.81. The molecule has 0 radical (unpaired) electrons. The van der Waals surface area contributed by atoms with Crippen molar-refractivity contribution in [2.24, 2.45) is 0 Å². The van der Waals surface area contributed by atoms with Gasteiger partial charge in [0.05, 0.1) is 17.6 Å². The number of aromatic amines is 1. The molecule has 3 unspecified atom stereocenters. The van der Waals surface area contributed by atoms with E-state index in [1.54, 1.807) is 7.11 Å². The number of aromatic nitrogens is 4. The number of rotatable bonds is 4. The van der Waals surface area contributed by atoms with Crippen molar-refractivity contribution in [2.75, 3.05) is 26.1 Å². The summed E-state index contributed by atoms with van der Waals surface area (Å²) in [5.74, 6) is 6.28. The minimum atomic E-state index is -0.667. The van der Waals surface area contributed by atoms with Gasteiger partial charge in [-0.15, -0.1) is 0 Å². The van der Waals surface area contributed by atoms with Gasteiger partial charge in [0.2, 0.25) is 0 Å². The molecule has 24 heavy (non-hydrogen) atoms. The maximum atomic E-state index is 9.99. The third-order valence-corrected chi connectivity index (χ3v) is 3.81. The van der Waals surface area contributed by atoms with Crippen molar-refractivity contribution in [1.29, 1.82) is 0 Å². The molecule has 2 aromatic rings. The topological polar surface area (TPSA) is 139 Å². The molecule has 0 spiro atoms. The SMILES string of the molecule is COCC#Cc1n[nH]c2nc(C3CC(O)C(CCO)O3)nc(N)c12. The Morgan fingerprint density at radius 1 is 1.46 bits per heavy atom. The zero-order chi connectivity index (χ0) is 17.1. The minimum Gasteiger partial charge on any atom is -0.396 e. The van der Waals surface area contributed by atoms with Crippen molar-refractivity contribution in [3.05, 3.63) is 11.5 Å². The van der Waals surface area contributed by atoms with Crippen LogP contribution in [0.25, 0.3) is 11.0 Å². The Hall–Kier alpha value is -2.25. The average Bonchev–Trinajstić information content (AvgIpc) is 3.13. The molecule has 3 atom stereocenters. The second kappa shape index (κ2) is 7.11. The molecular formula is C15H19N5O4. The monoisotopic (exact) mass is 333 g/mol. The van der Waals surface area contributed by atoms with E-state index in [2.05, 4.69) is 32.0 Å². The summed E-state index contributed by atoms with van der Waals surface area (Å²) in [5.41, 5.74) is 6.95. The van der Waals surface area contributed by atoms with Crippen LogP contribution in [0.2, 0.25) is 0 Å². The lowest BCUT2D eigenvalue weighted by atomic mass is 10.1. The number of aliphatic hydroxyl groups is 2. The number of hydrogen-bond donors (Lipinski definition) is 4. The summed E-state index contributed by atoms with van der Waals surface area (Å²) < 4.78 is 10.6. The summed E-state index contributed by atoms with van der Waals surface area (Å²) in [6.45, 7) is 0.230. The second-order valence-corrected chi connectivity index (χ2v) is 5.48. The number of hydrogen-bond acceptors (Lipinski definition) is 8. The van der Waals surface area contributed by atoms with Crippen molar-refractivity contribution in [3.8, 4) is 11.8 Å². The lowest BCUT2D eigenvalue weighted by molar-refractivity contribution is -0.00626. The van der Waals surface area contributed by atoms with Gasteiger partial charge in [-0.25, -0.2) is 9.97 Å². The van der Waals surface area contributed by atoms with Crippen molar-refractivity contribution < 1.29 is 19.7 Å². The van der Waals surface area contributed by atoms with Gasteiger partial charge in [-0.3, -0.25) is 5.10 Å². The molecular weight excluding hydrogens is 314 g/mol. The molecule has 128 valence electrons. The van der Waals surface area contributed by atoms with Gasteiger partial charge in [0.1, 0.15) is 24.2 Å². The summed E-state index contributed by atoms with van der Waals surface area (Å²) in [7, 11) is 1.56. The molecule has 9 nitrogen and oxygen atoms in total. The van der Waals surface area contributed by atoms with E-state index >= 15 is 0 Å². The van der Waals surface area contributed by atoms with Crippen LogP contribution in [0.4, 0.5) is 5.82 Å². The Bertz CT molecular complexity index is 781. The van der Waals surface area contributed by atoms with E-state index in [4.69, 9.17) is 20.3 Å². The number of fused-ring (bicyclic) bond motifs is 1. The van der Waals surface area contributed by atoms with Crippen LogP contribution in [0.15, 0.2) is 0 Å². The van der Waals surface area contributed by atoms with Crippen LogP contribution < -0.4 is 5.73 Å². The largest absolute Gasteiger partial charge is 0.396 e. The van der Waals surface area contributed by atoms with Gasteiger partial charge < -0.3 is 25.4 Å². The fraction of sp³-hybridized carbons (Fsp3) is 0.533. The van der Waals surface area contributed by atoms with Gasteiger partial charge in [-0.05, 0) is 12.3 Å². The summed E-state index contributed by atoms with van der Waals surface area (Å²) in [6.07, 6.45) is -0.865. The van der Waals surface area contributed by atoms with Crippen LogP contribution in [0, 0.1) is 11.8 Å². The second-order valence-electron chi connectivity index (χ2n) is 5.48. The molecule has 9 heteroatoms. The molecule has 1 aliphatic heterocycles. The van der Waals surface area contributed by atoms with Gasteiger partial charge >= 0.3 is 0 Å². The third kappa shape index (κ3) is 3.18. The van der Waals surface area contributed by atoms with Crippen LogP contribution in [-0.2, 0) is 9.47 Å². The van der Waals surface area contributed by atoms with Crippen LogP contribution in [0.3, 0.4) is 0 Å². The molecule has 0 amide bonds. The number of methoxy groups -OCH3 is 1. The van der Waals surface area contributed by atoms with Crippen molar-refractivity contribution in [2.45, 2.75) is 31.2 Å². The Labute approximate surface area is 138 Å². The molecule has 5 N–H and O–H groups in total. The molecule has 0 saturated carbocycles. The molecule has 1 aliphatic rings. The molecule has 1 saturated heterocycles. The van der Waals surface area contributed by atoms with Gasteiger partial charge in [0.15, 0.2) is 11.5 Å². The number of ether oxygens (including phenoxy) is 2. The Balaban J connectivity index is 1.89. The number of anilines is 1. The summed E-state index contributed by atoms with van der Waals surface area (Å²) in [5, 5.41) is 26.4. The highest BCUT2D eigenvalue weighted by Gasteiger charge is 2.36. The van der Waals surface area contributed by atoms with E-state index in [-0.39, 0.29) is 19.0 Å². The maximum absolute atomic E-state index is 9.99. The summed E-state index contributed by atoms with van der Waals surface area (Å²) in [4.78, 5) is 8.67. The quantitative estimate of drug-likeness (QED) is 0.549. The fourth-order valence-electron chi connectivity index (χ4n) is 2.68. The number of nitrogens with one attached hydrogen (secondary N) is 1. The zero-order valence-electron chi connectivity index (χ0n) is 13.2. The first-order chi connectivity index (χ1) is 11.6. The van der Waals surface area contributed by atoms with Crippen molar-refractivity contribution in [3.63, 3.8) is 0 Å². The highest BCUT2D eigenvalue weighted by atomic mass is 16.5. The molecule has 0 aromatic carbocycles. The minimum absolute atomic E-state index is 0.0550. The van der Waals surface area contributed by atoms with E-state index in [0.29, 0.717) is 35.4 Å². The van der Waals surface area contributed by atoms with Crippen LogP contribution in [0.1, 0.15) is 30.5 Å². The van der Waals surface area contributed by atoms with E-state index in [1.165, 1.54) is 0 Å². The Morgan fingerprint density at radius 2 is 2.29 bits per heavy atom. The Kier molecular flexibility index (Phi) is 4.92. The molecule has 2 aromatic heterocycles. The van der Waals surface area contributed by atoms with E-state index in [9.17, 15) is 5.11 Å². The fourth-order valence-corrected chi connectivity index (χ4v) is 2.68. The normalized spacial score (nSPS) is 23.4. The Morgan fingerprint density at radius 3 is 3.04 bits per heavy atom. The first kappa shape index (κ1) is 16.6. The first-order valence-electron chi connectivity index (χ1n) is 7.57. The standard InChI is InChI=1S/C15H19N5O4/c1-23-6-2-3-8-12-13(16)17-14(18-15(12)20-19-8)11-7-9(22)10(24-11)4-5-21/h9-11,21-22H,4-7H2,1H3,(H3,16,17,18,19,20).